The van der Waals surface area contributed by atoms with Gasteiger partial charge in [-0.3, -0.25) is 0 Å². The first kappa shape index (κ1) is 28.2. The lowest BCUT2D eigenvalue weighted by atomic mass is 10.0. The van der Waals surface area contributed by atoms with E-state index in [0.29, 0.717) is 28.3 Å². The number of rotatable bonds is 9. The third-order valence-electron chi connectivity index (χ3n) is 7.02. The van der Waals surface area contributed by atoms with Gasteiger partial charge in [0.05, 0.1) is 22.5 Å². The van der Waals surface area contributed by atoms with Crippen molar-refractivity contribution in [2.45, 2.75) is 13.2 Å². The molecule has 6 aromatic rings. The van der Waals surface area contributed by atoms with Gasteiger partial charge in [-0.25, -0.2) is 19.6 Å². The number of hydrogen-bond acceptors (Lipinski definition) is 6. The number of hydrogen-bond donors (Lipinski definition) is 0. The Morgan fingerprint density at radius 2 is 0.841 bits per heavy atom. The molecule has 0 amide bonds. The number of carbonyl (C=O) groups excluding carboxylic acids is 2. The molecule has 0 fully saturated rings. The van der Waals surface area contributed by atoms with Crippen LogP contribution in [0.5, 0.6) is 0 Å². The molecule has 0 saturated heterocycles. The number of aromatic nitrogens is 2. The van der Waals surface area contributed by atoms with Crippen LogP contribution in [0.25, 0.3) is 33.9 Å². The molecule has 1 heterocycles. The summed E-state index contributed by atoms with van der Waals surface area (Å²) in [7, 11) is 0. The molecule has 214 valence electrons. The Balaban J connectivity index is 1.23. The summed E-state index contributed by atoms with van der Waals surface area (Å²) in [6.07, 6.45) is 0. The van der Waals surface area contributed by atoms with Gasteiger partial charge in [0.15, 0.2) is 5.82 Å². The largest absolute Gasteiger partial charge is 0.457 e. The average Bonchev–Trinajstić information content (AvgIpc) is 3.11. The second kappa shape index (κ2) is 13.4. The minimum atomic E-state index is -0.392. The van der Waals surface area contributed by atoms with E-state index in [0.717, 1.165) is 27.8 Å². The zero-order chi connectivity index (χ0) is 30.1. The van der Waals surface area contributed by atoms with Crippen LogP contribution in [0.4, 0.5) is 0 Å². The summed E-state index contributed by atoms with van der Waals surface area (Å²) >= 11 is 0. The number of esters is 2. The lowest BCUT2D eigenvalue weighted by Crippen LogP contribution is -2.05. The van der Waals surface area contributed by atoms with E-state index in [1.807, 2.05) is 121 Å². The zero-order valence-corrected chi connectivity index (χ0v) is 23.8. The Labute approximate surface area is 255 Å². The SMILES string of the molecule is O=C(OCc1ccccc1)c1ccc(-c2cc(-c3ccc(C(=O)OCc4ccccc4)cc3)nc(-c3ccccc3)n2)cc1. The van der Waals surface area contributed by atoms with Gasteiger partial charge in [-0.05, 0) is 41.5 Å². The van der Waals surface area contributed by atoms with E-state index in [1.54, 1.807) is 24.3 Å². The molecule has 0 saturated carbocycles. The van der Waals surface area contributed by atoms with Crippen molar-refractivity contribution in [3.8, 4) is 33.9 Å². The predicted molar refractivity (Wildman–Crippen MR) is 169 cm³/mol. The molecule has 6 nitrogen and oxygen atoms in total. The van der Waals surface area contributed by atoms with Crippen molar-refractivity contribution in [3.05, 3.63) is 168 Å². The first-order valence-electron chi connectivity index (χ1n) is 14.2. The van der Waals surface area contributed by atoms with Crippen LogP contribution in [-0.4, -0.2) is 21.9 Å². The molecular formula is C38H28N2O4. The van der Waals surface area contributed by atoms with Gasteiger partial charge < -0.3 is 9.47 Å². The first-order valence-corrected chi connectivity index (χ1v) is 14.2. The zero-order valence-electron chi connectivity index (χ0n) is 23.8. The minimum absolute atomic E-state index is 0.209. The van der Waals surface area contributed by atoms with Gasteiger partial charge in [-0.1, -0.05) is 115 Å². The lowest BCUT2D eigenvalue weighted by molar-refractivity contribution is 0.0464. The molecule has 0 aliphatic heterocycles. The van der Waals surface area contributed by atoms with Crippen molar-refractivity contribution in [2.75, 3.05) is 0 Å². The summed E-state index contributed by atoms with van der Waals surface area (Å²) in [6.45, 7) is 0.418. The van der Waals surface area contributed by atoms with Crippen LogP contribution in [0.15, 0.2) is 146 Å². The molecule has 0 atom stereocenters. The molecule has 6 heteroatoms. The quantitative estimate of drug-likeness (QED) is 0.162. The summed E-state index contributed by atoms with van der Waals surface area (Å²) < 4.78 is 11.0. The average molecular weight is 577 g/mol. The van der Waals surface area contributed by atoms with Crippen LogP contribution in [0.2, 0.25) is 0 Å². The molecule has 0 aliphatic rings. The maximum Gasteiger partial charge on any atom is 0.338 e. The molecule has 0 unspecified atom stereocenters. The van der Waals surface area contributed by atoms with Crippen molar-refractivity contribution in [3.63, 3.8) is 0 Å². The molecule has 44 heavy (non-hydrogen) atoms. The summed E-state index contributed by atoms with van der Waals surface area (Å²) in [5, 5.41) is 0. The van der Waals surface area contributed by atoms with Gasteiger partial charge in [-0.2, -0.15) is 0 Å². The fourth-order valence-electron chi connectivity index (χ4n) is 4.63. The summed E-state index contributed by atoms with van der Waals surface area (Å²) in [4.78, 5) is 35.0. The Hall–Kier alpha value is -5.88. The van der Waals surface area contributed by atoms with Crippen molar-refractivity contribution < 1.29 is 19.1 Å². The van der Waals surface area contributed by atoms with Gasteiger partial charge >= 0.3 is 11.9 Å². The van der Waals surface area contributed by atoms with Crippen LogP contribution in [0.3, 0.4) is 0 Å². The van der Waals surface area contributed by atoms with E-state index in [9.17, 15) is 9.59 Å². The monoisotopic (exact) mass is 576 g/mol. The molecule has 5 aromatic carbocycles. The Kier molecular flexibility index (Phi) is 8.60. The molecule has 0 bridgehead atoms. The molecule has 1 aromatic heterocycles. The lowest BCUT2D eigenvalue weighted by Gasteiger charge is -2.11. The third kappa shape index (κ3) is 6.94. The van der Waals surface area contributed by atoms with Crippen LogP contribution in [0.1, 0.15) is 31.8 Å². The molecule has 0 aliphatic carbocycles. The van der Waals surface area contributed by atoms with Gasteiger partial charge in [0.25, 0.3) is 0 Å². The topological polar surface area (TPSA) is 78.4 Å². The standard InChI is InChI=1S/C38H28N2O4/c41-37(43-25-27-10-4-1-5-11-27)32-20-16-29(17-21-32)34-24-35(40-36(39-34)31-14-8-3-9-15-31)30-18-22-33(23-19-30)38(42)44-26-28-12-6-2-7-13-28/h1-24H,25-26H2. The van der Waals surface area contributed by atoms with Crippen LogP contribution in [0, 0.1) is 0 Å². The maximum absolute atomic E-state index is 12.7. The molecular weight excluding hydrogens is 548 g/mol. The number of carbonyl (C=O) groups is 2. The normalized spacial score (nSPS) is 10.6. The Morgan fingerprint density at radius 1 is 0.455 bits per heavy atom. The highest BCUT2D eigenvalue weighted by Crippen LogP contribution is 2.28. The highest BCUT2D eigenvalue weighted by Gasteiger charge is 2.14. The van der Waals surface area contributed by atoms with Crippen LogP contribution < -0.4 is 0 Å². The number of ether oxygens (including phenoxy) is 2. The van der Waals surface area contributed by atoms with E-state index in [4.69, 9.17) is 19.4 Å². The third-order valence-corrected chi connectivity index (χ3v) is 7.02. The van der Waals surface area contributed by atoms with E-state index in [1.165, 1.54) is 0 Å². The van der Waals surface area contributed by atoms with Crippen molar-refractivity contribution in [1.82, 2.24) is 9.97 Å². The van der Waals surface area contributed by atoms with Gasteiger partial charge in [0.1, 0.15) is 13.2 Å². The Bertz CT molecular complexity index is 1740. The molecule has 0 radical (unpaired) electrons. The summed E-state index contributed by atoms with van der Waals surface area (Å²) in [5.41, 5.74) is 6.69. The molecule has 0 N–H and O–H groups in total. The highest BCUT2D eigenvalue weighted by molar-refractivity contribution is 5.91. The van der Waals surface area contributed by atoms with E-state index >= 15 is 0 Å². The first-order chi connectivity index (χ1) is 21.6. The Morgan fingerprint density at radius 3 is 1.25 bits per heavy atom. The number of benzene rings is 5. The maximum atomic E-state index is 12.7. The smallest absolute Gasteiger partial charge is 0.338 e. The van der Waals surface area contributed by atoms with Crippen molar-refractivity contribution >= 4 is 11.9 Å². The van der Waals surface area contributed by atoms with Crippen LogP contribution in [-0.2, 0) is 22.7 Å². The number of nitrogens with zero attached hydrogens (tertiary/aromatic N) is 2. The van der Waals surface area contributed by atoms with Crippen molar-refractivity contribution in [1.29, 1.82) is 0 Å². The van der Waals surface area contributed by atoms with Crippen molar-refractivity contribution in [2.24, 2.45) is 0 Å². The fourth-order valence-corrected chi connectivity index (χ4v) is 4.63. The van der Waals surface area contributed by atoms with E-state index in [-0.39, 0.29) is 13.2 Å². The van der Waals surface area contributed by atoms with Gasteiger partial charge in [0.2, 0.25) is 0 Å². The summed E-state index contributed by atoms with van der Waals surface area (Å²) in [6, 6.07) is 45.2. The highest BCUT2D eigenvalue weighted by atomic mass is 16.5. The minimum Gasteiger partial charge on any atom is -0.457 e. The predicted octanol–water partition coefficient (Wildman–Crippen LogP) is 8.19. The van der Waals surface area contributed by atoms with E-state index in [2.05, 4.69) is 0 Å². The van der Waals surface area contributed by atoms with Gasteiger partial charge in [-0.15, -0.1) is 0 Å². The van der Waals surface area contributed by atoms with E-state index < -0.39 is 11.9 Å². The fraction of sp³-hybridized carbons (Fsp3) is 0.0526. The second-order valence-electron chi connectivity index (χ2n) is 10.1. The van der Waals surface area contributed by atoms with Gasteiger partial charge in [0, 0.05) is 16.7 Å². The molecule has 6 rings (SSSR count). The summed E-state index contributed by atoms with van der Waals surface area (Å²) in [5.74, 6) is -0.219. The van der Waals surface area contributed by atoms with Crippen LogP contribution >= 0.6 is 0 Å². The molecule has 0 spiro atoms. The second-order valence-corrected chi connectivity index (χ2v) is 10.1.